The van der Waals surface area contributed by atoms with E-state index in [4.69, 9.17) is 4.98 Å². The molecular formula is C17H29N. The van der Waals surface area contributed by atoms with E-state index in [-0.39, 0.29) is 0 Å². The third-order valence-electron chi connectivity index (χ3n) is 3.68. The molecule has 0 unspecified atom stereocenters. The van der Waals surface area contributed by atoms with Gasteiger partial charge >= 0.3 is 0 Å². The molecule has 0 amide bonds. The molecule has 1 nitrogen and oxygen atoms in total. The normalized spacial score (nSPS) is 11.6. The summed E-state index contributed by atoms with van der Waals surface area (Å²) in [6.45, 7) is 15.9. The number of hydrogen-bond donors (Lipinski definition) is 0. The highest BCUT2D eigenvalue weighted by Crippen LogP contribution is 2.33. The molecule has 0 spiro atoms. The van der Waals surface area contributed by atoms with Gasteiger partial charge in [0.15, 0.2) is 0 Å². The zero-order valence-corrected chi connectivity index (χ0v) is 13.2. The highest BCUT2D eigenvalue weighted by molar-refractivity contribution is 5.43. The summed E-state index contributed by atoms with van der Waals surface area (Å²) in [7, 11) is 0. The largest absolute Gasteiger partial charge is 0.257 e. The van der Waals surface area contributed by atoms with Gasteiger partial charge in [-0.05, 0) is 48.3 Å². The van der Waals surface area contributed by atoms with E-state index in [9.17, 15) is 0 Å². The van der Waals surface area contributed by atoms with Gasteiger partial charge in [0.1, 0.15) is 0 Å². The molecule has 0 fully saturated rings. The highest BCUT2D eigenvalue weighted by Gasteiger charge is 2.20. The predicted octanol–water partition coefficient (Wildman–Crippen LogP) is 5.15. The van der Waals surface area contributed by atoms with Crippen molar-refractivity contribution in [3.63, 3.8) is 0 Å². The summed E-state index contributed by atoms with van der Waals surface area (Å²) in [5, 5.41) is 0. The summed E-state index contributed by atoms with van der Waals surface area (Å²) >= 11 is 0. The molecule has 0 aromatic carbocycles. The summed E-state index contributed by atoms with van der Waals surface area (Å²) in [6, 6.07) is 0. The Morgan fingerprint density at radius 3 is 1.83 bits per heavy atom. The third-order valence-corrected chi connectivity index (χ3v) is 3.68. The van der Waals surface area contributed by atoms with Gasteiger partial charge in [0.2, 0.25) is 0 Å². The second-order valence-electron chi connectivity index (χ2n) is 5.87. The Morgan fingerprint density at radius 2 is 1.44 bits per heavy atom. The quantitative estimate of drug-likeness (QED) is 0.701. The van der Waals surface area contributed by atoms with Crippen LogP contribution in [0.25, 0.3) is 0 Å². The van der Waals surface area contributed by atoms with Crippen LogP contribution in [0.3, 0.4) is 0 Å². The van der Waals surface area contributed by atoms with Crippen molar-refractivity contribution in [2.45, 2.75) is 79.6 Å². The fourth-order valence-corrected chi connectivity index (χ4v) is 2.98. The zero-order valence-electron chi connectivity index (χ0n) is 13.2. The van der Waals surface area contributed by atoms with Gasteiger partial charge < -0.3 is 0 Å². The summed E-state index contributed by atoms with van der Waals surface area (Å²) in [5.74, 6) is 1.16. The van der Waals surface area contributed by atoms with E-state index in [1.54, 1.807) is 5.56 Å². The molecule has 18 heavy (non-hydrogen) atoms. The van der Waals surface area contributed by atoms with Crippen LogP contribution in [0, 0.1) is 6.92 Å². The second kappa shape index (κ2) is 6.36. The maximum atomic E-state index is 4.94. The lowest BCUT2D eigenvalue weighted by Gasteiger charge is -2.24. The smallest absolute Gasteiger partial charge is 0.0444 e. The fourth-order valence-electron chi connectivity index (χ4n) is 2.98. The van der Waals surface area contributed by atoms with Gasteiger partial charge in [0.05, 0.1) is 0 Å². The van der Waals surface area contributed by atoms with Crippen molar-refractivity contribution in [3.8, 4) is 0 Å². The Bertz CT molecular complexity index is 403. The van der Waals surface area contributed by atoms with Crippen LogP contribution in [0.1, 0.15) is 87.9 Å². The number of pyridine rings is 1. The van der Waals surface area contributed by atoms with Gasteiger partial charge in [-0.1, -0.05) is 48.0 Å². The maximum Gasteiger partial charge on any atom is 0.0444 e. The van der Waals surface area contributed by atoms with Crippen LogP contribution >= 0.6 is 0 Å². The van der Waals surface area contributed by atoms with E-state index in [0.29, 0.717) is 11.8 Å². The molecule has 0 aliphatic carbocycles. The van der Waals surface area contributed by atoms with Gasteiger partial charge in [-0.25, -0.2) is 0 Å². The molecule has 1 heterocycles. The molecule has 0 saturated heterocycles. The summed E-state index contributed by atoms with van der Waals surface area (Å²) in [6.07, 6.45) is 3.33. The molecule has 0 atom stereocenters. The molecule has 1 heteroatoms. The van der Waals surface area contributed by atoms with Crippen LogP contribution in [0.5, 0.6) is 0 Å². The standard InChI is InChI=1S/C17H29N/c1-8-10-15-17(12(5)6)16(11(3)4)13(7)14(9-2)18-15/h11-12H,8-10H2,1-7H3. The Morgan fingerprint density at radius 1 is 0.889 bits per heavy atom. The Hall–Kier alpha value is -0.850. The van der Waals surface area contributed by atoms with Crippen LogP contribution < -0.4 is 0 Å². The van der Waals surface area contributed by atoms with Crippen LogP contribution in [-0.4, -0.2) is 4.98 Å². The molecule has 0 saturated carbocycles. The van der Waals surface area contributed by atoms with Gasteiger partial charge in [0.25, 0.3) is 0 Å². The summed E-state index contributed by atoms with van der Waals surface area (Å²) in [5.41, 5.74) is 7.14. The van der Waals surface area contributed by atoms with E-state index in [0.717, 1.165) is 12.8 Å². The van der Waals surface area contributed by atoms with Crippen LogP contribution in [0.4, 0.5) is 0 Å². The molecule has 0 aliphatic rings. The number of hydrogen-bond acceptors (Lipinski definition) is 1. The lowest BCUT2D eigenvalue weighted by Crippen LogP contribution is -2.12. The number of aryl methyl sites for hydroxylation is 2. The summed E-state index contributed by atoms with van der Waals surface area (Å²) < 4.78 is 0. The predicted molar refractivity (Wildman–Crippen MR) is 80.5 cm³/mol. The van der Waals surface area contributed by atoms with Gasteiger partial charge in [-0.15, -0.1) is 0 Å². The first-order chi connectivity index (χ1) is 8.43. The minimum absolute atomic E-state index is 0.570. The molecular weight excluding hydrogens is 218 g/mol. The van der Waals surface area contributed by atoms with E-state index in [2.05, 4.69) is 48.5 Å². The van der Waals surface area contributed by atoms with Crippen LogP contribution in [0.2, 0.25) is 0 Å². The lowest BCUT2D eigenvalue weighted by atomic mass is 9.84. The van der Waals surface area contributed by atoms with Crippen molar-refractivity contribution in [1.82, 2.24) is 4.98 Å². The van der Waals surface area contributed by atoms with Crippen LogP contribution in [0.15, 0.2) is 0 Å². The topological polar surface area (TPSA) is 12.9 Å². The molecule has 0 bridgehead atoms. The van der Waals surface area contributed by atoms with E-state index < -0.39 is 0 Å². The highest BCUT2D eigenvalue weighted by atomic mass is 14.7. The third kappa shape index (κ3) is 2.93. The minimum Gasteiger partial charge on any atom is -0.257 e. The Kier molecular flexibility index (Phi) is 5.37. The van der Waals surface area contributed by atoms with E-state index >= 15 is 0 Å². The molecule has 102 valence electrons. The molecule has 0 N–H and O–H groups in total. The first kappa shape index (κ1) is 15.2. The Labute approximate surface area is 113 Å². The first-order valence-corrected chi connectivity index (χ1v) is 7.46. The van der Waals surface area contributed by atoms with Gasteiger partial charge in [-0.3, -0.25) is 4.98 Å². The van der Waals surface area contributed by atoms with Crippen molar-refractivity contribution < 1.29 is 0 Å². The van der Waals surface area contributed by atoms with Crippen molar-refractivity contribution in [2.24, 2.45) is 0 Å². The van der Waals surface area contributed by atoms with E-state index in [1.165, 1.54) is 28.9 Å². The van der Waals surface area contributed by atoms with Crippen molar-refractivity contribution in [3.05, 3.63) is 28.1 Å². The molecule has 1 aromatic rings. The number of aromatic nitrogens is 1. The minimum atomic E-state index is 0.570. The zero-order chi connectivity index (χ0) is 13.9. The molecule has 0 radical (unpaired) electrons. The van der Waals surface area contributed by atoms with Crippen LogP contribution in [-0.2, 0) is 12.8 Å². The average molecular weight is 247 g/mol. The number of rotatable bonds is 5. The first-order valence-electron chi connectivity index (χ1n) is 7.46. The summed E-state index contributed by atoms with van der Waals surface area (Å²) in [4.78, 5) is 4.94. The molecule has 1 aromatic heterocycles. The Balaban J connectivity index is 3.56. The molecule has 0 aliphatic heterocycles. The number of nitrogens with zero attached hydrogens (tertiary/aromatic N) is 1. The SMILES string of the molecule is CCCc1nc(CC)c(C)c(C(C)C)c1C(C)C. The van der Waals surface area contributed by atoms with Crippen molar-refractivity contribution >= 4 is 0 Å². The second-order valence-corrected chi connectivity index (χ2v) is 5.87. The van der Waals surface area contributed by atoms with Crippen molar-refractivity contribution in [1.29, 1.82) is 0 Å². The monoisotopic (exact) mass is 247 g/mol. The fraction of sp³-hybridized carbons (Fsp3) is 0.706. The van der Waals surface area contributed by atoms with Crippen molar-refractivity contribution in [2.75, 3.05) is 0 Å². The average Bonchev–Trinajstić information content (AvgIpc) is 2.29. The maximum absolute atomic E-state index is 4.94. The van der Waals surface area contributed by atoms with E-state index in [1.807, 2.05) is 0 Å². The lowest BCUT2D eigenvalue weighted by molar-refractivity contribution is 0.728. The van der Waals surface area contributed by atoms with Gasteiger partial charge in [-0.2, -0.15) is 0 Å². The molecule has 1 rings (SSSR count). The van der Waals surface area contributed by atoms with Gasteiger partial charge in [0, 0.05) is 11.4 Å².